The lowest BCUT2D eigenvalue weighted by Crippen LogP contribution is -2.36. The van der Waals surface area contributed by atoms with Gasteiger partial charge in [0, 0.05) is 24.7 Å². The minimum atomic E-state index is 0.185. The summed E-state index contributed by atoms with van der Waals surface area (Å²) in [7, 11) is 1.87. The zero-order valence-corrected chi connectivity index (χ0v) is 9.10. The fraction of sp³-hybridized carbons (Fsp3) is 0.700. The third-order valence-electron chi connectivity index (χ3n) is 2.05. The first-order valence-electron chi connectivity index (χ1n) is 4.91. The summed E-state index contributed by atoms with van der Waals surface area (Å²) in [5.41, 5.74) is 6.36. The summed E-state index contributed by atoms with van der Waals surface area (Å²) >= 11 is 0. The number of carbonyl (C=O) groups excluding carboxylic acids is 1. The van der Waals surface area contributed by atoms with E-state index in [1.807, 2.05) is 7.05 Å². The Bertz CT molecular complexity index is 192. The highest BCUT2D eigenvalue weighted by Crippen LogP contribution is 1.99. The molecule has 1 unspecified atom stereocenters. The van der Waals surface area contributed by atoms with Gasteiger partial charge in [-0.2, -0.15) is 0 Å². The molecule has 0 aliphatic heterocycles. The van der Waals surface area contributed by atoms with Crippen LogP contribution < -0.4 is 16.4 Å². The number of Topliss-reactive ketones (excluding diaryl/α,β-unsaturated/α-hetero) is 1. The number of nitrogens with two attached hydrogens (primary N) is 1. The van der Waals surface area contributed by atoms with Crippen molar-refractivity contribution >= 4 is 5.78 Å². The molecule has 0 spiro atoms. The molecule has 82 valence electrons. The van der Waals surface area contributed by atoms with Crippen LogP contribution >= 0.6 is 0 Å². The minimum absolute atomic E-state index is 0.185. The molecule has 0 bridgehead atoms. The highest BCUT2D eigenvalue weighted by molar-refractivity contribution is 5.75. The molecular formula is C10H21N3O. The van der Waals surface area contributed by atoms with Crippen molar-refractivity contribution in [1.29, 1.82) is 0 Å². The first-order chi connectivity index (χ1) is 6.61. The van der Waals surface area contributed by atoms with E-state index >= 15 is 0 Å². The maximum Gasteiger partial charge on any atom is 0.131 e. The minimum Gasteiger partial charge on any atom is -0.387 e. The van der Waals surface area contributed by atoms with Crippen molar-refractivity contribution in [2.75, 3.05) is 20.1 Å². The quantitative estimate of drug-likeness (QED) is 0.515. The van der Waals surface area contributed by atoms with Gasteiger partial charge in [-0.3, -0.25) is 4.79 Å². The van der Waals surface area contributed by atoms with Gasteiger partial charge in [0.1, 0.15) is 5.78 Å². The number of carbonyl (C=O) groups is 1. The van der Waals surface area contributed by atoms with Gasteiger partial charge in [0.05, 0.1) is 0 Å². The summed E-state index contributed by atoms with van der Waals surface area (Å²) in [6.45, 7) is 6.76. The number of hydrogen-bond donors (Lipinski definition) is 3. The Morgan fingerprint density at radius 1 is 1.57 bits per heavy atom. The lowest BCUT2D eigenvalue weighted by molar-refractivity contribution is -0.116. The third-order valence-corrected chi connectivity index (χ3v) is 2.05. The van der Waals surface area contributed by atoms with Gasteiger partial charge in [0.2, 0.25) is 0 Å². The Kier molecular flexibility index (Phi) is 7.06. The molecule has 4 nitrogen and oxygen atoms in total. The molecule has 0 saturated carbocycles. The molecule has 4 heteroatoms. The second-order valence-corrected chi connectivity index (χ2v) is 3.32. The molecule has 0 aromatic heterocycles. The van der Waals surface area contributed by atoms with Crippen LogP contribution in [0.2, 0.25) is 0 Å². The predicted molar refractivity (Wildman–Crippen MR) is 59.0 cm³/mol. The zero-order valence-electron chi connectivity index (χ0n) is 9.10. The molecule has 0 aromatic rings. The highest BCUT2D eigenvalue weighted by Gasteiger charge is 2.08. The van der Waals surface area contributed by atoms with Crippen LogP contribution in [0.25, 0.3) is 0 Å². The van der Waals surface area contributed by atoms with Crippen molar-refractivity contribution < 1.29 is 4.79 Å². The van der Waals surface area contributed by atoms with Crippen LogP contribution in [0, 0.1) is 0 Å². The van der Waals surface area contributed by atoms with E-state index in [-0.39, 0.29) is 11.8 Å². The number of hydrogen-bond acceptors (Lipinski definition) is 4. The second kappa shape index (κ2) is 7.53. The third kappa shape index (κ3) is 5.72. The summed E-state index contributed by atoms with van der Waals surface area (Å²) in [5, 5.41) is 6.23. The Morgan fingerprint density at radius 2 is 2.21 bits per heavy atom. The van der Waals surface area contributed by atoms with Gasteiger partial charge in [0.25, 0.3) is 0 Å². The molecule has 0 rings (SSSR count). The summed E-state index contributed by atoms with van der Waals surface area (Å²) in [4.78, 5) is 10.7. The molecular weight excluding hydrogens is 178 g/mol. The monoisotopic (exact) mass is 199 g/mol. The predicted octanol–water partition coefficient (Wildman–Crippen LogP) is 0.00560. The number of likely N-dealkylation sites (N-methyl/N-ethyl adjacent to an activating group) is 1. The molecule has 0 aliphatic rings. The van der Waals surface area contributed by atoms with Gasteiger partial charge < -0.3 is 16.4 Å². The van der Waals surface area contributed by atoms with Gasteiger partial charge >= 0.3 is 0 Å². The van der Waals surface area contributed by atoms with Crippen molar-refractivity contribution in [3.63, 3.8) is 0 Å². The van der Waals surface area contributed by atoms with Gasteiger partial charge in [-0.15, -0.1) is 0 Å². The Hall–Kier alpha value is -0.870. The summed E-state index contributed by atoms with van der Waals surface area (Å²) < 4.78 is 0. The van der Waals surface area contributed by atoms with E-state index in [4.69, 9.17) is 5.73 Å². The highest BCUT2D eigenvalue weighted by atomic mass is 16.1. The van der Waals surface area contributed by atoms with Crippen LogP contribution in [0.15, 0.2) is 12.3 Å². The SMILES string of the molecule is C=C(NCCC(C)=O)C(CCN)NC. The molecule has 14 heavy (non-hydrogen) atoms. The van der Waals surface area contributed by atoms with E-state index in [0.717, 1.165) is 12.1 Å². The van der Waals surface area contributed by atoms with Crippen LogP contribution in [-0.2, 0) is 4.79 Å². The van der Waals surface area contributed by atoms with Crippen molar-refractivity contribution in [2.24, 2.45) is 5.73 Å². The van der Waals surface area contributed by atoms with Crippen LogP contribution in [-0.4, -0.2) is 32.0 Å². The fourth-order valence-corrected chi connectivity index (χ4v) is 1.18. The molecule has 0 fully saturated rings. The first kappa shape index (κ1) is 13.1. The van der Waals surface area contributed by atoms with E-state index in [0.29, 0.717) is 19.5 Å². The summed E-state index contributed by atoms with van der Waals surface area (Å²) in [6, 6.07) is 0.187. The lowest BCUT2D eigenvalue weighted by atomic mass is 10.1. The molecule has 0 saturated heterocycles. The molecule has 0 heterocycles. The van der Waals surface area contributed by atoms with Crippen LogP contribution in [0.5, 0.6) is 0 Å². The van der Waals surface area contributed by atoms with Crippen LogP contribution in [0.4, 0.5) is 0 Å². The largest absolute Gasteiger partial charge is 0.387 e. The second-order valence-electron chi connectivity index (χ2n) is 3.32. The standard InChI is InChI=1S/C10H21N3O/c1-8(14)5-7-13-9(2)10(12-3)4-6-11/h10,12-13H,2,4-7,11H2,1,3H3. The van der Waals surface area contributed by atoms with Gasteiger partial charge in [0.15, 0.2) is 0 Å². The van der Waals surface area contributed by atoms with E-state index in [1.54, 1.807) is 6.92 Å². The topological polar surface area (TPSA) is 67.2 Å². The first-order valence-corrected chi connectivity index (χ1v) is 4.91. The normalized spacial score (nSPS) is 12.2. The Labute approximate surface area is 85.9 Å². The van der Waals surface area contributed by atoms with Crippen molar-refractivity contribution in [3.05, 3.63) is 12.3 Å². The van der Waals surface area contributed by atoms with Crippen LogP contribution in [0.1, 0.15) is 19.8 Å². The zero-order chi connectivity index (χ0) is 11.0. The maximum absolute atomic E-state index is 10.7. The fourth-order valence-electron chi connectivity index (χ4n) is 1.18. The van der Waals surface area contributed by atoms with Crippen molar-refractivity contribution in [1.82, 2.24) is 10.6 Å². The Morgan fingerprint density at radius 3 is 2.64 bits per heavy atom. The molecule has 0 aromatic carbocycles. The molecule has 0 aliphatic carbocycles. The average Bonchev–Trinajstić information content (AvgIpc) is 2.13. The molecule has 0 amide bonds. The summed E-state index contributed by atoms with van der Waals surface area (Å²) in [6.07, 6.45) is 1.39. The van der Waals surface area contributed by atoms with E-state index in [2.05, 4.69) is 17.2 Å². The van der Waals surface area contributed by atoms with Gasteiger partial charge in [-0.25, -0.2) is 0 Å². The molecule has 0 radical (unpaired) electrons. The van der Waals surface area contributed by atoms with Crippen molar-refractivity contribution in [2.45, 2.75) is 25.8 Å². The smallest absolute Gasteiger partial charge is 0.131 e. The van der Waals surface area contributed by atoms with Crippen molar-refractivity contribution in [3.8, 4) is 0 Å². The van der Waals surface area contributed by atoms with Gasteiger partial charge in [-0.1, -0.05) is 6.58 Å². The van der Waals surface area contributed by atoms with Gasteiger partial charge in [-0.05, 0) is 26.9 Å². The summed E-state index contributed by atoms with van der Waals surface area (Å²) in [5.74, 6) is 0.185. The molecule has 1 atom stereocenters. The average molecular weight is 199 g/mol. The number of ketones is 1. The van der Waals surface area contributed by atoms with E-state index in [9.17, 15) is 4.79 Å². The van der Waals surface area contributed by atoms with Crippen LogP contribution in [0.3, 0.4) is 0 Å². The number of rotatable bonds is 8. The Balaban J connectivity index is 3.74. The van der Waals surface area contributed by atoms with E-state index in [1.165, 1.54) is 0 Å². The lowest BCUT2D eigenvalue weighted by Gasteiger charge is -2.19. The maximum atomic E-state index is 10.7. The molecule has 4 N–H and O–H groups in total. The number of nitrogens with one attached hydrogen (secondary N) is 2. The van der Waals surface area contributed by atoms with E-state index < -0.39 is 0 Å².